The van der Waals surface area contributed by atoms with Gasteiger partial charge in [-0.25, -0.2) is 4.39 Å². The van der Waals surface area contributed by atoms with Crippen molar-refractivity contribution in [2.24, 2.45) is 0 Å². The average Bonchev–Trinajstić information content (AvgIpc) is 3.11. The lowest BCUT2D eigenvalue weighted by Gasteiger charge is -2.21. The van der Waals surface area contributed by atoms with Gasteiger partial charge in [0.15, 0.2) is 0 Å². The monoisotopic (exact) mass is 445 g/mol. The van der Waals surface area contributed by atoms with Crippen LogP contribution < -0.4 is 10.4 Å². The summed E-state index contributed by atoms with van der Waals surface area (Å²) < 4.78 is 18.6. The summed E-state index contributed by atoms with van der Waals surface area (Å²) in [4.78, 5) is 13.9. The number of rotatable bonds is 10. The molecule has 1 aliphatic rings. The van der Waals surface area contributed by atoms with Crippen molar-refractivity contribution in [1.82, 2.24) is 10.3 Å². The van der Waals surface area contributed by atoms with Gasteiger partial charge in [-0.05, 0) is 68.3 Å². The van der Waals surface area contributed by atoms with Gasteiger partial charge in [0, 0.05) is 30.2 Å². The number of esters is 1. The van der Waals surface area contributed by atoms with Gasteiger partial charge >= 0.3 is 5.97 Å². The zero-order valence-electron chi connectivity index (χ0n) is 18.0. The van der Waals surface area contributed by atoms with Crippen molar-refractivity contribution >= 4 is 23.3 Å². The highest BCUT2D eigenvalue weighted by molar-refractivity contribution is 6.30. The van der Waals surface area contributed by atoms with E-state index in [4.69, 9.17) is 16.3 Å². The van der Waals surface area contributed by atoms with Crippen LogP contribution >= 0.6 is 11.6 Å². The number of anilines is 1. The number of hydrogen-bond donors (Lipinski definition) is 1. The number of benzene rings is 2. The summed E-state index contributed by atoms with van der Waals surface area (Å²) in [5.41, 5.74) is 7.75. The molecule has 3 rings (SSSR count). The molecule has 0 spiro atoms. The normalized spacial score (nSPS) is 13.6. The molecule has 2 aromatic rings. The van der Waals surface area contributed by atoms with E-state index in [0.29, 0.717) is 37.6 Å². The van der Waals surface area contributed by atoms with E-state index in [1.54, 1.807) is 12.1 Å². The van der Waals surface area contributed by atoms with Gasteiger partial charge in [0.25, 0.3) is 0 Å². The summed E-state index contributed by atoms with van der Waals surface area (Å²) in [5, 5.41) is 2.75. The van der Waals surface area contributed by atoms with Crippen LogP contribution in [0.25, 0.3) is 0 Å². The molecule has 2 aromatic carbocycles. The average molecular weight is 446 g/mol. The molecule has 0 aliphatic carbocycles. The predicted molar refractivity (Wildman–Crippen MR) is 122 cm³/mol. The van der Waals surface area contributed by atoms with E-state index >= 15 is 0 Å². The third kappa shape index (κ3) is 6.97. The summed E-state index contributed by atoms with van der Waals surface area (Å²) >= 11 is 6.17. The van der Waals surface area contributed by atoms with Crippen molar-refractivity contribution in [2.45, 2.75) is 32.7 Å². The van der Waals surface area contributed by atoms with Crippen LogP contribution in [-0.2, 0) is 16.1 Å². The Hall–Kier alpha value is -2.57. The second-order valence-corrected chi connectivity index (χ2v) is 8.16. The molecule has 5 nitrogen and oxygen atoms in total. The minimum Gasteiger partial charge on any atom is -0.466 e. The Morgan fingerprint density at radius 3 is 2.77 bits per heavy atom. The second kappa shape index (κ2) is 11.2. The molecule has 1 N–H and O–H groups in total. The minimum absolute atomic E-state index is 0.169. The molecule has 0 unspecified atom stereocenters. The standard InChI is InChI=1S/C24H29ClFN3O2/c1-3-31-24(30)12-6-11-23-19(16-28(2)15-18-7-4-9-21(26)13-18)17-29(27-23)22-10-5-8-20(25)14-22/h4-5,7-10,13-14,27H,3,6,11-12,15-17H2,1-2H3. The van der Waals surface area contributed by atoms with E-state index in [1.165, 1.54) is 11.6 Å². The lowest BCUT2D eigenvalue weighted by molar-refractivity contribution is -0.143. The van der Waals surface area contributed by atoms with E-state index in [1.807, 2.05) is 44.3 Å². The number of hydrazine groups is 1. The molecule has 1 heterocycles. The highest BCUT2D eigenvalue weighted by Crippen LogP contribution is 2.26. The van der Waals surface area contributed by atoms with Gasteiger partial charge in [0.05, 0.1) is 18.8 Å². The molecular formula is C24H29ClFN3O2. The molecule has 166 valence electrons. The van der Waals surface area contributed by atoms with Gasteiger partial charge in [0.2, 0.25) is 0 Å². The van der Waals surface area contributed by atoms with Crippen LogP contribution in [0, 0.1) is 5.82 Å². The van der Waals surface area contributed by atoms with E-state index in [9.17, 15) is 9.18 Å². The Morgan fingerprint density at radius 1 is 1.23 bits per heavy atom. The molecule has 0 bridgehead atoms. The van der Waals surface area contributed by atoms with Crippen LogP contribution in [0.4, 0.5) is 10.1 Å². The number of nitrogens with zero attached hydrogens (tertiary/aromatic N) is 2. The Morgan fingerprint density at radius 2 is 2.03 bits per heavy atom. The van der Waals surface area contributed by atoms with Crippen molar-refractivity contribution in [1.29, 1.82) is 0 Å². The third-order valence-electron chi connectivity index (χ3n) is 5.08. The quantitative estimate of drug-likeness (QED) is 0.526. The summed E-state index contributed by atoms with van der Waals surface area (Å²) in [5.74, 6) is -0.392. The minimum atomic E-state index is -0.223. The lowest BCUT2D eigenvalue weighted by atomic mass is 10.1. The topological polar surface area (TPSA) is 44.8 Å². The van der Waals surface area contributed by atoms with Gasteiger partial charge in [-0.15, -0.1) is 0 Å². The van der Waals surface area contributed by atoms with Crippen molar-refractivity contribution in [3.63, 3.8) is 0 Å². The maximum atomic E-state index is 13.5. The maximum absolute atomic E-state index is 13.5. The first-order chi connectivity index (χ1) is 14.9. The fourth-order valence-corrected chi connectivity index (χ4v) is 3.90. The fourth-order valence-electron chi connectivity index (χ4n) is 3.72. The number of carbonyl (C=O) groups is 1. The van der Waals surface area contributed by atoms with Gasteiger partial charge in [-0.2, -0.15) is 0 Å². The Labute approximate surface area is 188 Å². The largest absolute Gasteiger partial charge is 0.466 e. The van der Waals surface area contributed by atoms with Crippen LogP contribution in [0.3, 0.4) is 0 Å². The van der Waals surface area contributed by atoms with E-state index in [0.717, 1.165) is 29.9 Å². The molecule has 0 saturated heterocycles. The maximum Gasteiger partial charge on any atom is 0.305 e. The Balaban J connectivity index is 1.67. The smallest absolute Gasteiger partial charge is 0.305 e. The Kier molecular flexibility index (Phi) is 8.32. The van der Waals surface area contributed by atoms with Crippen molar-refractivity contribution < 1.29 is 13.9 Å². The molecule has 31 heavy (non-hydrogen) atoms. The zero-order valence-corrected chi connectivity index (χ0v) is 18.8. The van der Waals surface area contributed by atoms with Crippen molar-refractivity contribution in [3.8, 4) is 0 Å². The van der Waals surface area contributed by atoms with Crippen molar-refractivity contribution in [3.05, 3.63) is 76.2 Å². The number of carbonyl (C=O) groups excluding carboxylic acids is 1. The third-order valence-corrected chi connectivity index (χ3v) is 5.32. The number of halogens is 2. The number of ether oxygens (including phenoxy) is 1. The summed E-state index contributed by atoms with van der Waals surface area (Å²) in [6.07, 6.45) is 1.85. The van der Waals surface area contributed by atoms with E-state index < -0.39 is 0 Å². The van der Waals surface area contributed by atoms with Crippen molar-refractivity contribution in [2.75, 3.05) is 31.8 Å². The summed E-state index contributed by atoms with van der Waals surface area (Å²) in [7, 11) is 2.02. The molecule has 0 saturated carbocycles. The highest BCUT2D eigenvalue weighted by atomic mass is 35.5. The number of nitrogens with one attached hydrogen (secondary N) is 1. The van der Waals surface area contributed by atoms with Crippen LogP contribution in [0.5, 0.6) is 0 Å². The number of likely N-dealkylation sites (N-methyl/N-ethyl adjacent to an activating group) is 1. The molecule has 0 radical (unpaired) electrons. The molecule has 7 heteroatoms. The van der Waals surface area contributed by atoms with Gasteiger partial charge in [-0.1, -0.05) is 29.8 Å². The van der Waals surface area contributed by atoms with Crippen LogP contribution in [0.15, 0.2) is 59.8 Å². The van der Waals surface area contributed by atoms with Gasteiger partial charge < -0.3 is 10.2 Å². The summed E-state index contributed by atoms with van der Waals surface area (Å²) in [6.45, 7) is 4.30. The number of hydrogen-bond acceptors (Lipinski definition) is 5. The van der Waals surface area contributed by atoms with Gasteiger partial charge in [0.1, 0.15) is 5.82 Å². The van der Waals surface area contributed by atoms with Crippen LogP contribution in [0.2, 0.25) is 5.02 Å². The molecule has 1 aliphatic heterocycles. The fraction of sp³-hybridized carbons (Fsp3) is 0.375. The first-order valence-electron chi connectivity index (χ1n) is 10.5. The van der Waals surface area contributed by atoms with E-state index in [-0.39, 0.29) is 11.8 Å². The SMILES string of the molecule is CCOC(=O)CCCC1=C(CN(C)Cc2cccc(F)c2)CN(c2cccc(Cl)c2)N1. The van der Waals surface area contributed by atoms with E-state index in [2.05, 4.69) is 15.3 Å². The first kappa shape index (κ1) is 23.1. The van der Waals surface area contributed by atoms with Gasteiger partial charge in [-0.3, -0.25) is 14.7 Å². The lowest BCUT2D eigenvalue weighted by Crippen LogP contribution is -2.32. The highest BCUT2D eigenvalue weighted by Gasteiger charge is 2.23. The Bertz CT molecular complexity index is 935. The molecular weight excluding hydrogens is 417 g/mol. The predicted octanol–water partition coefficient (Wildman–Crippen LogP) is 4.92. The van der Waals surface area contributed by atoms with Crippen LogP contribution in [-0.4, -0.2) is 37.6 Å². The first-order valence-corrected chi connectivity index (χ1v) is 10.9. The summed E-state index contributed by atoms with van der Waals surface area (Å²) in [6, 6.07) is 14.4. The second-order valence-electron chi connectivity index (χ2n) is 7.72. The number of allylic oxidation sites excluding steroid dienone is 1. The molecule has 0 atom stereocenters. The van der Waals surface area contributed by atoms with Crippen LogP contribution in [0.1, 0.15) is 31.7 Å². The zero-order chi connectivity index (χ0) is 22.2. The molecule has 0 aromatic heterocycles. The molecule has 0 amide bonds. The molecule has 0 fully saturated rings.